The predicted octanol–water partition coefficient (Wildman–Crippen LogP) is 5.19. The maximum atomic E-state index is 12.7. The third-order valence-electron chi connectivity index (χ3n) is 2.35. The molecule has 1 unspecified atom stereocenters. The van der Waals surface area contributed by atoms with Crippen LogP contribution in [0.5, 0.6) is 0 Å². The van der Waals surface area contributed by atoms with Crippen molar-refractivity contribution in [2.24, 2.45) is 0 Å². The molecule has 0 rings (SSSR count). The topological polar surface area (TPSA) is 0 Å². The van der Waals surface area contributed by atoms with E-state index in [0.717, 1.165) is 0 Å². The van der Waals surface area contributed by atoms with E-state index in [0.29, 0.717) is 0 Å². The fourth-order valence-electron chi connectivity index (χ4n) is 0.979. The molecule has 0 N–H and O–H groups in total. The quantitative estimate of drug-likeness (QED) is 0.439. The van der Waals surface area contributed by atoms with Crippen molar-refractivity contribution >= 4 is 9.24 Å². The Kier molecular flexibility index (Phi) is 5.05. The van der Waals surface area contributed by atoms with Crippen LogP contribution in [0.3, 0.4) is 0 Å². The van der Waals surface area contributed by atoms with E-state index in [9.17, 15) is 65.9 Å². The fourth-order valence-corrected chi connectivity index (χ4v) is 1.16. The number of halogens is 15. The Morgan fingerprint density at radius 2 is 0.565 bits per heavy atom. The largest absolute Gasteiger partial charge is 0.460 e. The number of alkyl halides is 15. The number of hydrogen-bond donors (Lipinski definition) is 0. The highest BCUT2D eigenvalue weighted by Crippen LogP contribution is 2.62. The highest BCUT2D eigenvalue weighted by Gasteiger charge is 2.92. The van der Waals surface area contributed by atoms with Gasteiger partial charge in [0.1, 0.15) is 0 Å². The lowest BCUT2D eigenvalue weighted by atomic mass is 9.94. The van der Waals surface area contributed by atoms with Crippen molar-refractivity contribution in [1.82, 2.24) is 0 Å². The van der Waals surface area contributed by atoms with Crippen molar-refractivity contribution < 1.29 is 65.9 Å². The summed E-state index contributed by atoms with van der Waals surface area (Å²) in [4.78, 5) is 0. The second kappa shape index (κ2) is 5.19. The van der Waals surface area contributed by atoms with Crippen LogP contribution in [0.4, 0.5) is 65.9 Å². The molecule has 1 atom stereocenters. The predicted molar refractivity (Wildman–Crippen MR) is 45.4 cm³/mol. The monoisotopic (exact) mass is 402 g/mol. The summed E-state index contributed by atoms with van der Waals surface area (Å²) in [5.74, 6) is -39.7. The molecule has 0 aliphatic carbocycles. The van der Waals surface area contributed by atoms with Crippen LogP contribution in [0.25, 0.3) is 0 Å². The first-order valence-electron chi connectivity index (χ1n) is 4.62. The SMILES string of the molecule is FC(F)(F)C(F)(F)C(F)(F)C(F)(F)C(F)(F)C(F)(F)C(F)(F)P. The molecule has 0 amide bonds. The van der Waals surface area contributed by atoms with E-state index in [-0.39, 0.29) is 0 Å². The molecule has 0 radical (unpaired) electrons. The van der Waals surface area contributed by atoms with Gasteiger partial charge in [0.2, 0.25) is 0 Å². The Hall–Kier alpha value is -0.620. The number of rotatable bonds is 5. The highest BCUT2D eigenvalue weighted by atomic mass is 31.0. The number of hydrogen-bond acceptors (Lipinski definition) is 0. The molecular formula is C7H2F15P. The first-order valence-corrected chi connectivity index (χ1v) is 5.20. The first-order chi connectivity index (χ1) is 9.50. The Labute approximate surface area is 118 Å². The van der Waals surface area contributed by atoms with Crippen molar-refractivity contribution in [2.75, 3.05) is 0 Å². The Balaban J connectivity index is 6.37. The Bertz CT molecular complexity index is 400. The minimum Gasteiger partial charge on any atom is -0.195 e. The zero-order valence-electron chi connectivity index (χ0n) is 9.75. The summed E-state index contributed by atoms with van der Waals surface area (Å²) in [6, 6.07) is 0. The molecule has 0 saturated carbocycles. The summed E-state index contributed by atoms with van der Waals surface area (Å²) in [7, 11) is -0.449. The molecule has 0 heterocycles. The van der Waals surface area contributed by atoms with Crippen molar-refractivity contribution in [1.29, 1.82) is 0 Å². The average Bonchev–Trinajstić information content (AvgIpc) is 2.24. The zero-order chi connectivity index (χ0) is 19.5. The van der Waals surface area contributed by atoms with Crippen LogP contribution in [0.15, 0.2) is 0 Å². The summed E-state index contributed by atoms with van der Waals surface area (Å²) in [6.45, 7) is 0. The molecule has 0 aliphatic rings. The van der Waals surface area contributed by atoms with E-state index >= 15 is 0 Å². The molecule has 23 heavy (non-hydrogen) atoms. The van der Waals surface area contributed by atoms with Gasteiger partial charge >= 0.3 is 41.5 Å². The van der Waals surface area contributed by atoms with Gasteiger partial charge in [0, 0.05) is 0 Å². The van der Waals surface area contributed by atoms with Crippen LogP contribution in [-0.2, 0) is 0 Å². The smallest absolute Gasteiger partial charge is 0.195 e. The molecular weight excluding hydrogens is 400 g/mol. The van der Waals surface area contributed by atoms with Gasteiger partial charge in [-0.05, 0) is 0 Å². The van der Waals surface area contributed by atoms with E-state index < -0.39 is 50.7 Å². The van der Waals surface area contributed by atoms with Gasteiger partial charge in [-0.25, -0.2) is 0 Å². The van der Waals surface area contributed by atoms with Crippen LogP contribution < -0.4 is 0 Å². The summed E-state index contributed by atoms with van der Waals surface area (Å²) >= 11 is 0. The molecule has 0 aromatic rings. The first kappa shape index (κ1) is 22.4. The van der Waals surface area contributed by atoms with E-state index in [2.05, 4.69) is 0 Å². The van der Waals surface area contributed by atoms with E-state index in [1.807, 2.05) is 0 Å². The molecule has 0 saturated heterocycles. The van der Waals surface area contributed by atoms with Gasteiger partial charge in [-0.1, -0.05) is 9.24 Å². The van der Waals surface area contributed by atoms with Crippen LogP contribution in [0, 0.1) is 0 Å². The minimum atomic E-state index is -8.21. The standard InChI is InChI=1S/C7H2F15P/c8-1(9,2(10,11)4(14,15)6(18,19)20)3(12,13)5(16,17)7(21,22)23/h23H2. The van der Waals surface area contributed by atoms with E-state index in [1.54, 1.807) is 0 Å². The molecule has 0 aromatic heterocycles. The third-order valence-corrected chi connectivity index (χ3v) is 2.71. The van der Waals surface area contributed by atoms with E-state index in [4.69, 9.17) is 0 Å². The van der Waals surface area contributed by atoms with Crippen molar-refractivity contribution in [2.45, 2.75) is 41.5 Å². The van der Waals surface area contributed by atoms with Crippen LogP contribution >= 0.6 is 9.24 Å². The van der Waals surface area contributed by atoms with E-state index in [1.165, 1.54) is 0 Å². The lowest BCUT2D eigenvalue weighted by Gasteiger charge is -2.40. The Morgan fingerprint density at radius 1 is 0.348 bits per heavy atom. The second-order valence-corrected chi connectivity index (χ2v) is 4.72. The van der Waals surface area contributed by atoms with Crippen LogP contribution in [-0.4, -0.2) is 41.5 Å². The fraction of sp³-hybridized carbons (Fsp3) is 1.00. The van der Waals surface area contributed by atoms with Crippen LogP contribution in [0.2, 0.25) is 0 Å². The summed E-state index contributed by atoms with van der Waals surface area (Å²) < 4.78 is 185. The molecule has 0 aliphatic heterocycles. The van der Waals surface area contributed by atoms with Gasteiger partial charge in [0.25, 0.3) is 0 Å². The molecule has 0 nitrogen and oxygen atoms in total. The van der Waals surface area contributed by atoms with Gasteiger partial charge in [-0.2, -0.15) is 65.9 Å². The minimum absolute atomic E-state index is 0.449. The second-order valence-electron chi connectivity index (χ2n) is 3.99. The summed E-state index contributed by atoms with van der Waals surface area (Å²) in [5.41, 5.74) is -6.25. The zero-order valence-corrected chi connectivity index (χ0v) is 10.9. The molecule has 0 spiro atoms. The molecule has 0 bridgehead atoms. The third kappa shape index (κ3) is 2.82. The summed E-state index contributed by atoms with van der Waals surface area (Å²) in [5, 5.41) is 0. The molecule has 140 valence electrons. The summed E-state index contributed by atoms with van der Waals surface area (Å²) in [6.07, 6.45) is -7.57. The molecule has 16 heteroatoms. The van der Waals surface area contributed by atoms with Crippen molar-refractivity contribution in [3.05, 3.63) is 0 Å². The maximum absolute atomic E-state index is 12.7. The van der Waals surface area contributed by atoms with Crippen molar-refractivity contribution in [3.63, 3.8) is 0 Å². The molecule has 0 fully saturated rings. The lowest BCUT2D eigenvalue weighted by molar-refractivity contribution is -0.447. The van der Waals surface area contributed by atoms with Gasteiger partial charge < -0.3 is 0 Å². The van der Waals surface area contributed by atoms with Gasteiger partial charge in [-0.15, -0.1) is 0 Å². The van der Waals surface area contributed by atoms with Gasteiger partial charge in [-0.3, -0.25) is 0 Å². The maximum Gasteiger partial charge on any atom is 0.460 e. The van der Waals surface area contributed by atoms with Crippen molar-refractivity contribution in [3.8, 4) is 0 Å². The van der Waals surface area contributed by atoms with Gasteiger partial charge in [0.05, 0.1) is 0 Å². The average molecular weight is 402 g/mol. The lowest BCUT2D eigenvalue weighted by Crippen LogP contribution is -2.72. The van der Waals surface area contributed by atoms with Crippen LogP contribution in [0.1, 0.15) is 0 Å². The highest BCUT2D eigenvalue weighted by molar-refractivity contribution is 7.18. The normalized spacial score (nSPS) is 16.7. The molecule has 0 aromatic carbocycles. The van der Waals surface area contributed by atoms with Gasteiger partial charge in [0.15, 0.2) is 0 Å². The Morgan fingerprint density at radius 3 is 0.783 bits per heavy atom.